The van der Waals surface area contributed by atoms with Crippen molar-refractivity contribution in [3.63, 3.8) is 0 Å². The average Bonchev–Trinajstić information content (AvgIpc) is 2.99. The number of ether oxygens (including phenoxy) is 1. The topological polar surface area (TPSA) is 79.4 Å². The van der Waals surface area contributed by atoms with Crippen LogP contribution in [0.4, 0.5) is 0 Å². The molecule has 2 aromatic carbocycles. The van der Waals surface area contributed by atoms with Gasteiger partial charge in [-0.05, 0) is 65.4 Å². The number of carbonyl (C=O) groups is 2. The van der Waals surface area contributed by atoms with E-state index in [4.69, 9.17) is 27.9 Å². The third-order valence-corrected chi connectivity index (χ3v) is 5.24. The zero-order valence-corrected chi connectivity index (χ0v) is 18.2. The molecule has 0 radical (unpaired) electrons. The van der Waals surface area contributed by atoms with Crippen LogP contribution in [0, 0.1) is 3.57 Å². The van der Waals surface area contributed by atoms with Gasteiger partial charge in [-0.3, -0.25) is 0 Å². The molecule has 0 aliphatic carbocycles. The molecule has 0 aliphatic heterocycles. The van der Waals surface area contributed by atoms with Gasteiger partial charge in [0.2, 0.25) is 0 Å². The minimum absolute atomic E-state index is 0.0221. The third-order valence-electron chi connectivity index (χ3n) is 4.01. The molecule has 0 saturated heterocycles. The van der Waals surface area contributed by atoms with E-state index in [2.05, 4.69) is 27.6 Å². The second-order valence-electron chi connectivity index (χ2n) is 5.81. The summed E-state index contributed by atoms with van der Waals surface area (Å²) < 4.78 is 6.08. The first kappa shape index (κ1) is 20.7. The number of aromatic nitrogens is 1. The largest absolute Gasteiger partial charge is 0.478 e. The van der Waals surface area contributed by atoms with Crippen LogP contribution >= 0.6 is 45.8 Å². The molecule has 0 amide bonds. The Bertz CT molecular complexity index is 1100. The number of hydrogen-bond donors (Lipinski definition) is 2. The van der Waals surface area contributed by atoms with Gasteiger partial charge in [0, 0.05) is 25.1 Å². The van der Waals surface area contributed by atoms with Crippen molar-refractivity contribution in [3.05, 3.63) is 66.8 Å². The Morgan fingerprint density at radius 2 is 1.89 bits per heavy atom. The molecule has 0 saturated carbocycles. The van der Waals surface area contributed by atoms with Crippen molar-refractivity contribution in [2.24, 2.45) is 0 Å². The zero-order chi connectivity index (χ0) is 20.4. The maximum absolute atomic E-state index is 12.5. The summed E-state index contributed by atoms with van der Waals surface area (Å²) in [7, 11) is 0. The van der Waals surface area contributed by atoms with Gasteiger partial charge in [0.1, 0.15) is 5.69 Å². The van der Waals surface area contributed by atoms with Crippen molar-refractivity contribution in [2.75, 3.05) is 6.61 Å². The molecule has 1 aromatic heterocycles. The van der Waals surface area contributed by atoms with Crippen LogP contribution in [0.3, 0.4) is 0 Å². The van der Waals surface area contributed by atoms with E-state index in [1.807, 2.05) is 0 Å². The van der Waals surface area contributed by atoms with Gasteiger partial charge in [0.05, 0.1) is 17.2 Å². The Morgan fingerprint density at radius 3 is 2.50 bits per heavy atom. The van der Waals surface area contributed by atoms with Gasteiger partial charge in [-0.2, -0.15) is 0 Å². The average molecular weight is 530 g/mol. The fourth-order valence-corrected chi connectivity index (χ4v) is 3.78. The van der Waals surface area contributed by atoms with E-state index in [9.17, 15) is 14.7 Å². The number of aliphatic carboxylic acids is 1. The minimum Gasteiger partial charge on any atom is -0.478 e. The van der Waals surface area contributed by atoms with E-state index in [-0.39, 0.29) is 17.9 Å². The summed E-state index contributed by atoms with van der Waals surface area (Å²) in [6.45, 7) is 1.86. The van der Waals surface area contributed by atoms with Gasteiger partial charge in [-0.25, -0.2) is 9.59 Å². The number of carbonyl (C=O) groups excluding carboxylic acids is 1. The standard InChI is InChI=1S/C20H14Cl2INO4/c1-2-28-20(27)18-14(17-15(22)7-11(21)8-16(17)24-18)9-13(19(25)26)10-3-5-12(23)6-4-10/h3-9,24H,2H2,1H3,(H,25,26)/b13-9-. The maximum atomic E-state index is 12.5. The third kappa shape index (κ3) is 4.19. The first-order valence-electron chi connectivity index (χ1n) is 8.20. The Labute approximate surface area is 184 Å². The molecule has 0 bridgehead atoms. The number of aromatic amines is 1. The van der Waals surface area contributed by atoms with E-state index >= 15 is 0 Å². The molecule has 8 heteroatoms. The Morgan fingerprint density at radius 1 is 1.21 bits per heavy atom. The van der Waals surface area contributed by atoms with Crippen LogP contribution in [0.2, 0.25) is 10.0 Å². The van der Waals surface area contributed by atoms with E-state index in [0.717, 1.165) is 3.57 Å². The van der Waals surface area contributed by atoms with E-state index < -0.39 is 11.9 Å². The minimum atomic E-state index is -1.13. The van der Waals surface area contributed by atoms with Crippen molar-refractivity contribution in [1.82, 2.24) is 4.98 Å². The van der Waals surface area contributed by atoms with Crippen molar-refractivity contribution >= 4 is 80.3 Å². The molecule has 0 unspecified atom stereocenters. The summed E-state index contributed by atoms with van der Waals surface area (Å²) >= 11 is 14.6. The number of esters is 1. The van der Waals surface area contributed by atoms with Gasteiger partial charge < -0.3 is 14.8 Å². The molecule has 3 aromatic rings. The molecule has 0 aliphatic rings. The lowest BCUT2D eigenvalue weighted by Crippen LogP contribution is -2.07. The second kappa shape index (κ2) is 8.55. The lowest BCUT2D eigenvalue weighted by atomic mass is 10.0. The number of fused-ring (bicyclic) bond motifs is 1. The Kier molecular flexibility index (Phi) is 6.32. The number of benzene rings is 2. The number of halogens is 3. The molecule has 144 valence electrons. The summed E-state index contributed by atoms with van der Waals surface area (Å²) in [5.74, 6) is -1.74. The Balaban J connectivity index is 2.30. The van der Waals surface area contributed by atoms with Crippen molar-refractivity contribution < 1.29 is 19.4 Å². The second-order valence-corrected chi connectivity index (χ2v) is 7.90. The SMILES string of the molecule is CCOC(=O)c1[nH]c2cc(Cl)cc(Cl)c2c1/C=C(\C(=O)O)c1ccc(I)cc1. The van der Waals surface area contributed by atoms with E-state index in [0.29, 0.717) is 32.1 Å². The normalized spacial score (nSPS) is 11.6. The number of nitrogens with one attached hydrogen (secondary N) is 1. The fourth-order valence-electron chi connectivity index (χ4n) is 2.82. The van der Waals surface area contributed by atoms with Crippen LogP contribution in [0.1, 0.15) is 28.5 Å². The van der Waals surface area contributed by atoms with Gasteiger partial charge >= 0.3 is 11.9 Å². The molecule has 0 fully saturated rings. The highest BCUT2D eigenvalue weighted by atomic mass is 127. The number of carboxylic acids is 1. The predicted molar refractivity (Wildman–Crippen MR) is 119 cm³/mol. The molecule has 28 heavy (non-hydrogen) atoms. The van der Waals surface area contributed by atoms with E-state index in [1.165, 1.54) is 12.1 Å². The predicted octanol–water partition coefficient (Wildman–Crippen LogP) is 5.88. The maximum Gasteiger partial charge on any atom is 0.355 e. The number of carboxylic acid groups (broad SMARTS) is 1. The van der Waals surface area contributed by atoms with Gasteiger partial charge in [0.15, 0.2) is 0 Å². The van der Waals surface area contributed by atoms with Crippen LogP contribution in [0.5, 0.6) is 0 Å². The smallest absolute Gasteiger partial charge is 0.355 e. The van der Waals surface area contributed by atoms with Gasteiger partial charge in [-0.1, -0.05) is 35.3 Å². The van der Waals surface area contributed by atoms with Crippen LogP contribution in [-0.2, 0) is 9.53 Å². The van der Waals surface area contributed by atoms with Crippen molar-refractivity contribution in [2.45, 2.75) is 6.92 Å². The lowest BCUT2D eigenvalue weighted by molar-refractivity contribution is -0.130. The van der Waals surface area contributed by atoms with Gasteiger partial charge in [0.25, 0.3) is 0 Å². The summed E-state index contributed by atoms with van der Waals surface area (Å²) in [6.07, 6.45) is 1.43. The van der Waals surface area contributed by atoms with Gasteiger partial charge in [-0.15, -0.1) is 0 Å². The lowest BCUT2D eigenvalue weighted by Gasteiger charge is -2.06. The van der Waals surface area contributed by atoms with Crippen molar-refractivity contribution in [1.29, 1.82) is 0 Å². The molecule has 3 rings (SSSR count). The first-order valence-corrected chi connectivity index (χ1v) is 10.0. The summed E-state index contributed by atoms with van der Waals surface area (Å²) in [5, 5.41) is 10.9. The highest BCUT2D eigenvalue weighted by molar-refractivity contribution is 14.1. The molecular weight excluding hydrogens is 516 g/mol. The highest BCUT2D eigenvalue weighted by Gasteiger charge is 2.22. The number of rotatable bonds is 5. The summed E-state index contributed by atoms with van der Waals surface area (Å²) in [5.41, 5.74) is 1.49. The summed E-state index contributed by atoms with van der Waals surface area (Å²) in [6, 6.07) is 10.2. The first-order chi connectivity index (χ1) is 13.3. The zero-order valence-electron chi connectivity index (χ0n) is 14.6. The van der Waals surface area contributed by atoms with Crippen LogP contribution in [0.25, 0.3) is 22.6 Å². The van der Waals surface area contributed by atoms with E-state index in [1.54, 1.807) is 37.3 Å². The Hall–Kier alpha value is -2.03. The molecule has 2 N–H and O–H groups in total. The number of H-pyrrole nitrogens is 1. The number of hydrogen-bond acceptors (Lipinski definition) is 3. The molecule has 5 nitrogen and oxygen atoms in total. The van der Waals surface area contributed by atoms with Crippen LogP contribution in [0.15, 0.2) is 36.4 Å². The van der Waals surface area contributed by atoms with Crippen LogP contribution < -0.4 is 0 Å². The molecule has 0 atom stereocenters. The fraction of sp³-hybridized carbons (Fsp3) is 0.100. The molecule has 1 heterocycles. The molecular formula is C20H14Cl2INO4. The highest BCUT2D eigenvalue weighted by Crippen LogP contribution is 2.35. The van der Waals surface area contributed by atoms with Crippen molar-refractivity contribution in [3.8, 4) is 0 Å². The van der Waals surface area contributed by atoms with Crippen LogP contribution in [-0.4, -0.2) is 28.6 Å². The monoisotopic (exact) mass is 529 g/mol. The quantitative estimate of drug-likeness (QED) is 0.246. The molecule has 0 spiro atoms. The summed E-state index contributed by atoms with van der Waals surface area (Å²) in [4.78, 5) is 27.4.